The monoisotopic (exact) mass is 389 g/mol. The summed E-state index contributed by atoms with van der Waals surface area (Å²) in [5.74, 6) is 0. The molecule has 0 atom stereocenters. The molecule has 0 radical (unpaired) electrons. The topological polar surface area (TPSA) is 66.5 Å². The van der Waals surface area contributed by atoms with Crippen LogP contribution >= 0.6 is 0 Å². The lowest BCUT2D eigenvalue weighted by Crippen LogP contribution is -1.97. The van der Waals surface area contributed by atoms with Gasteiger partial charge in [0.2, 0.25) is 0 Å². The molecule has 27 heavy (non-hydrogen) atoms. The summed E-state index contributed by atoms with van der Waals surface area (Å²) in [5, 5.41) is 16.1. The standard InChI is InChI=1S/C18H39N.2C3H8O/c1-2-3-4-5-6-7-8-9-10-11-12-13-14-15-16-17-18-19;2*1-3(2)4/h2-19H2,1H3;2*3-4H,1-2H3. The molecule has 0 bridgehead atoms. The summed E-state index contributed by atoms with van der Waals surface area (Å²) >= 11 is 0. The second kappa shape index (κ2) is 30.6. The fraction of sp³-hybridized carbons (Fsp3) is 1.00. The van der Waals surface area contributed by atoms with Gasteiger partial charge in [0.25, 0.3) is 0 Å². The van der Waals surface area contributed by atoms with Gasteiger partial charge in [0.15, 0.2) is 0 Å². The maximum absolute atomic E-state index is 8.06. The van der Waals surface area contributed by atoms with Crippen molar-refractivity contribution in [2.75, 3.05) is 6.54 Å². The predicted molar refractivity (Wildman–Crippen MR) is 123 cm³/mol. The lowest BCUT2D eigenvalue weighted by atomic mass is 10.0. The van der Waals surface area contributed by atoms with E-state index >= 15 is 0 Å². The van der Waals surface area contributed by atoms with E-state index in [1.54, 1.807) is 27.7 Å². The predicted octanol–water partition coefficient (Wildman–Crippen LogP) is 6.98. The number of hydrogen-bond donors (Lipinski definition) is 3. The number of unbranched alkanes of at least 4 members (excludes halogenated alkanes) is 15. The van der Waals surface area contributed by atoms with Gasteiger partial charge in [-0.25, -0.2) is 0 Å². The van der Waals surface area contributed by atoms with Crippen LogP contribution in [0.5, 0.6) is 0 Å². The summed E-state index contributed by atoms with van der Waals surface area (Å²) in [6.07, 6.45) is 22.5. The van der Waals surface area contributed by atoms with Crippen LogP contribution in [0.2, 0.25) is 0 Å². The van der Waals surface area contributed by atoms with Crippen LogP contribution in [0.25, 0.3) is 0 Å². The first-order valence-electron chi connectivity index (χ1n) is 11.9. The van der Waals surface area contributed by atoms with Crippen LogP contribution in [0.1, 0.15) is 137 Å². The zero-order valence-electron chi connectivity index (χ0n) is 19.6. The van der Waals surface area contributed by atoms with E-state index in [9.17, 15) is 0 Å². The minimum Gasteiger partial charge on any atom is -0.394 e. The number of aliphatic hydroxyl groups excluding tert-OH is 2. The van der Waals surface area contributed by atoms with Crippen molar-refractivity contribution in [3.63, 3.8) is 0 Å². The highest BCUT2D eigenvalue weighted by Crippen LogP contribution is 2.13. The molecule has 0 saturated heterocycles. The molecule has 0 aliphatic carbocycles. The second-order valence-electron chi connectivity index (χ2n) is 8.28. The molecule has 4 N–H and O–H groups in total. The smallest absolute Gasteiger partial charge is 0.0483 e. The van der Waals surface area contributed by atoms with E-state index in [1.807, 2.05) is 0 Å². The molecule has 0 aliphatic rings. The average Bonchev–Trinajstić information content (AvgIpc) is 2.57. The van der Waals surface area contributed by atoms with Gasteiger partial charge in [-0.3, -0.25) is 0 Å². The van der Waals surface area contributed by atoms with Crippen LogP contribution in [0.3, 0.4) is 0 Å². The van der Waals surface area contributed by atoms with Crippen molar-refractivity contribution in [1.82, 2.24) is 0 Å². The Labute approximate surface area is 172 Å². The van der Waals surface area contributed by atoms with Gasteiger partial charge in [-0.2, -0.15) is 0 Å². The highest BCUT2D eigenvalue weighted by atomic mass is 16.3. The summed E-state index contributed by atoms with van der Waals surface area (Å²) in [4.78, 5) is 0. The summed E-state index contributed by atoms with van der Waals surface area (Å²) in [7, 11) is 0. The van der Waals surface area contributed by atoms with Gasteiger partial charge in [0.05, 0.1) is 0 Å². The van der Waals surface area contributed by atoms with Crippen molar-refractivity contribution in [3.05, 3.63) is 0 Å². The van der Waals surface area contributed by atoms with Gasteiger partial charge >= 0.3 is 0 Å². The molecule has 0 aromatic heterocycles. The van der Waals surface area contributed by atoms with E-state index in [0.29, 0.717) is 0 Å². The Bertz CT molecular complexity index is 193. The molecule has 0 aliphatic heterocycles. The molecule has 0 spiro atoms. The third kappa shape index (κ3) is 58.5. The summed E-state index contributed by atoms with van der Waals surface area (Å²) < 4.78 is 0. The lowest BCUT2D eigenvalue weighted by Gasteiger charge is -2.03. The van der Waals surface area contributed by atoms with Crippen LogP contribution in [-0.2, 0) is 0 Å². The van der Waals surface area contributed by atoms with Gasteiger partial charge < -0.3 is 15.9 Å². The van der Waals surface area contributed by atoms with Crippen LogP contribution in [0.4, 0.5) is 0 Å². The third-order valence-corrected chi connectivity index (χ3v) is 4.06. The van der Waals surface area contributed by atoms with Gasteiger partial charge in [-0.15, -0.1) is 0 Å². The van der Waals surface area contributed by atoms with E-state index in [2.05, 4.69) is 6.92 Å². The Morgan fingerprint density at radius 2 is 0.667 bits per heavy atom. The lowest BCUT2D eigenvalue weighted by molar-refractivity contribution is 0.215. The first-order chi connectivity index (χ1) is 12.9. The molecule has 0 amide bonds. The maximum Gasteiger partial charge on any atom is 0.0483 e. The Morgan fingerprint density at radius 3 is 0.852 bits per heavy atom. The zero-order valence-corrected chi connectivity index (χ0v) is 19.6. The van der Waals surface area contributed by atoms with E-state index in [-0.39, 0.29) is 12.2 Å². The van der Waals surface area contributed by atoms with Crippen molar-refractivity contribution in [2.24, 2.45) is 5.73 Å². The Morgan fingerprint density at radius 1 is 0.481 bits per heavy atom. The van der Waals surface area contributed by atoms with Crippen LogP contribution in [0, 0.1) is 0 Å². The Balaban J connectivity index is -0.000000603. The molecule has 0 heterocycles. The van der Waals surface area contributed by atoms with Gasteiger partial charge in [0.1, 0.15) is 0 Å². The molecule has 0 unspecified atom stereocenters. The van der Waals surface area contributed by atoms with Crippen LogP contribution in [-0.4, -0.2) is 29.0 Å². The first kappa shape index (κ1) is 31.6. The molecule has 0 fully saturated rings. The Kier molecular flexibility index (Phi) is 35.8. The summed E-state index contributed by atoms with van der Waals surface area (Å²) in [5.41, 5.74) is 5.48. The minimum absolute atomic E-state index is 0.167. The quantitative estimate of drug-likeness (QED) is 0.249. The van der Waals surface area contributed by atoms with Gasteiger partial charge in [-0.1, -0.05) is 103 Å². The molecule has 0 aromatic rings. The SMILES string of the molecule is CC(C)O.CC(C)O.CCCCCCCCCCCCCCCCCCN. The van der Waals surface area contributed by atoms with Crippen molar-refractivity contribution in [1.29, 1.82) is 0 Å². The van der Waals surface area contributed by atoms with Crippen molar-refractivity contribution >= 4 is 0 Å². The van der Waals surface area contributed by atoms with E-state index in [1.165, 1.54) is 103 Å². The fourth-order valence-corrected chi connectivity index (χ4v) is 2.69. The molecule has 0 rings (SSSR count). The maximum atomic E-state index is 8.06. The van der Waals surface area contributed by atoms with Gasteiger partial charge in [0, 0.05) is 12.2 Å². The number of hydrogen-bond acceptors (Lipinski definition) is 3. The normalized spacial score (nSPS) is 10.4. The van der Waals surface area contributed by atoms with Crippen molar-refractivity contribution in [3.8, 4) is 0 Å². The number of aliphatic hydroxyl groups is 2. The van der Waals surface area contributed by atoms with E-state index in [4.69, 9.17) is 15.9 Å². The number of nitrogens with two attached hydrogens (primary N) is 1. The van der Waals surface area contributed by atoms with Crippen LogP contribution < -0.4 is 5.73 Å². The van der Waals surface area contributed by atoms with Crippen LogP contribution in [0.15, 0.2) is 0 Å². The fourth-order valence-electron chi connectivity index (χ4n) is 2.69. The molecular formula is C24H55NO2. The van der Waals surface area contributed by atoms with E-state index < -0.39 is 0 Å². The Hall–Kier alpha value is -0.120. The largest absolute Gasteiger partial charge is 0.394 e. The molecule has 3 heteroatoms. The molecule has 0 saturated carbocycles. The first-order valence-corrected chi connectivity index (χ1v) is 11.9. The summed E-state index contributed by atoms with van der Waals surface area (Å²) in [6.45, 7) is 10.1. The van der Waals surface area contributed by atoms with Crippen molar-refractivity contribution < 1.29 is 10.2 Å². The molecule has 3 nitrogen and oxygen atoms in total. The average molecular weight is 390 g/mol. The number of rotatable bonds is 16. The molecular weight excluding hydrogens is 334 g/mol. The highest BCUT2D eigenvalue weighted by molar-refractivity contribution is 4.50. The minimum atomic E-state index is -0.167. The molecule has 0 aromatic carbocycles. The van der Waals surface area contributed by atoms with Gasteiger partial charge in [-0.05, 0) is 40.7 Å². The molecule has 168 valence electrons. The second-order valence-corrected chi connectivity index (χ2v) is 8.28. The van der Waals surface area contributed by atoms with E-state index in [0.717, 1.165) is 6.54 Å². The third-order valence-electron chi connectivity index (χ3n) is 4.06. The zero-order chi connectivity index (χ0) is 21.2. The van der Waals surface area contributed by atoms with Crippen molar-refractivity contribution in [2.45, 2.75) is 150 Å². The highest BCUT2D eigenvalue weighted by Gasteiger charge is 1.94. The summed E-state index contributed by atoms with van der Waals surface area (Å²) in [6, 6.07) is 0.